The average Bonchev–Trinajstić information content (AvgIpc) is 2.53. The Morgan fingerprint density at radius 2 is 0.941 bits per heavy atom. The van der Waals surface area contributed by atoms with Gasteiger partial charge in [0.15, 0.2) is 50.6 Å². The third-order valence-electron chi connectivity index (χ3n) is 4.63. The summed E-state index contributed by atoms with van der Waals surface area (Å²) in [6, 6.07) is 11.7. The van der Waals surface area contributed by atoms with Crippen molar-refractivity contribution in [2.24, 2.45) is 0 Å². The fourth-order valence-corrected chi connectivity index (χ4v) is 25.5. The molecule has 0 saturated carbocycles. The molecule has 0 bridgehead atoms. The molecule has 0 aromatic heterocycles. The van der Waals surface area contributed by atoms with E-state index in [1.54, 1.807) is 0 Å². The second-order valence-electron chi connectivity index (χ2n) is 14.2. The maximum absolute atomic E-state index is 6.45. The number of hydrogen-bond donors (Lipinski definition) is 0. The average molecular weight is 575 g/mol. The summed E-state index contributed by atoms with van der Waals surface area (Å²) in [5.41, 5.74) is 2.91. The normalized spacial score (nSPS) is 14.4. The highest BCUT2D eigenvalue weighted by Crippen LogP contribution is 2.21. The topological polar surface area (TPSA) is 27.7 Å². The fraction of sp³-hybridized carbons (Fsp3) is 0.760. The number of benzene rings is 1. The van der Waals surface area contributed by atoms with E-state index in [-0.39, 0.29) is 0 Å². The van der Waals surface area contributed by atoms with Gasteiger partial charge >= 0.3 is 0 Å². The molecule has 0 aliphatic rings. The summed E-state index contributed by atoms with van der Waals surface area (Å²) in [6.45, 7) is 34.3. The van der Waals surface area contributed by atoms with E-state index in [4.69, 9.17) is 12.3 Å². The van der Waals surface area contributed by atoms with Crippen LogP contribution in [0.1, 0.15) is 11.1 Å². The third-order valence-corrected chi connectivity index (χ3v) is 21.2. The van der Waals surface area contributed by atoms with Crippen molar-refractivity contribution in [2.45, 2.75) is 123 Å². The van der Waals surface area contributed by atoms with Gasteiger partial charge in [0.25, 0.3) is 0 Å². The van der Waals surface area contributed by atoms with Gasteiger partial charge in [0.2, 0.25) is 0 Å². The monoisotopic (exact) mass is 574 g/mol. The second-order valence-corrected chi connectivity index (χ2v) is 39.9. The van der Waals surface area contributed by atoms with Crippen LogP contribution in [-0.4, -0.2) is 50.6 Å². The molecule has 9 heteroatoms. The lowest BCUT2D eigenvalue weighted by Gasteiger charge is -2.31. The van der Waals surface area contributed by atoms with Crippen molar-refractivity contribution < 1.29 is 12.3 Å². The van der Waals surface area contributed by atoms with Crippen molar-refractivity contribution in [3.8, 4) is 0 Å². The van der Waals surface area contributed by atoms with Gasteiger partial charge in [0.05, 0.1) is 0 Å². The van der Waals surface area contributed by atoms with Gasteiger partial charge in [-0.15, -0.1) is 0 Å². The van der Waals surface area contributed by atoms with E-state index in [2.05, 4.69) is 122 Å². The molecule has 0 aliphatic heterocycles. The van der Waals surface area contributed by atoms with Gasteiger partial charge in [-0.3, -0.25) is 0 Å². The summed E-state index contributed by atoms with van der Waals surface area (Å²) in [4.78, 5) is 0. The quantitative estimate of drug-likeness (QED) is 0.234. The Balaban J connectivity index is 0.00000102. The van der Waals surface area contributed by atoms with E-state index in [0.29, 0.717) is 0 Å². The lowest BCUT2D eigenvalue weighted by atomic mass is 10.1. The van der Waals surface area contributed by atoms with Gasteiger partial charge in [0, 0.05) is 0 Å². The van der Waals surface area contributed by atoms with Crippen molar-refractivity contribution in [1.82, 2.24) is 0 Å². The van der Waals surface area contributed by atoms with E-state index < -0.39 is 50.6 Å². The zero-order valence-corrected chi connectivity index (χ0v) is 31.6. The molecule has 1 aromatic carbocycles. The minimum Gasteiger partial charge on any atom is -0.458 e. The predicted octanol–water partition coefficient (Wildman–Crippen LogP) is 8.71. The first-order chi connectivity index (χ1) is 15.0. The van der Waals surface area contributed by atoms with E-state index in [0.717, 1.165) is 12.8 Å². The summed E-state index contributed by atoms with van der Waals surface area (Å²) in [6.07, 6.45) is 2.31. The van der Waals surface area contributed by atoms with Crippen LogP contribution in [0, 0.1) is 0 Å². The Morgan fingerprint density at radius 3 is 1.26 bits per heavy atom. The van der Waals surface area contributed by atoms with Crippen LogP contribution in [0.2, 0.25) is 110 Å². The highest BCUT2D eigenvalue weighted by Gasteiger charge is 2.29. The van der Waals surface area contributed by atoms with Crippen molar-refractivity contribution in [3.05, 3.63) is 35.4 Å². The minimum atomic E-state index is -1.53. The Bertz CT molecular complexity index is 684. The molecule has 0 aliphatic carbocycles. The van der Waals surface area contributed by atoms with Crippen molar-refractivity contribution in [3.63, 3.8) is 0 Å². The van der Waals surface area contributed by atoms with Gasteiger partial charge in [-0.05, 0) is 134 Å². The fourth-order valence-electron chi connectivity index (χ4n) is 4.15. The molecule has 1 atom stereocenters. The molecule has 0 saturated heterocycles. The molecule has 1 rings (SSSR count). The summed E-state index contributed by atoms with van der Waals surface area (Å²) in [5, 5.41) is 0. The molecule has 34 heavy (non-hydrogen) atoms. The van der Waals surface area contributed by atoms with Crippen LogP contribution in [-0.2, 0) is 25.2 Å². The first-order valence-electron chi connectivity index (χ1n) is 13.1. The largest absolute Gasteiger partial charge is 0.458 e. The van der Waals surface area contributed by atoms with Crippen molar-refractivity contribution in [2.75, 3.05) is 0 Å². The van der Waals surface area contributed by atoms with Crippen LogP contribution in [0.15, 0.2) is 24.3 Å². The Morgan fingerprint density at radius 1 is 0.559 bits per heavy atom. The smallest absolute Gasteiger partial charge is 0.173 e. The number of rotatable bonds is 12. The molecule has 0 amide bonds. The third kappa shape index (κ3) is 21.7. The van der Waals surface area contributed by atoms with Gasteiger partial charge < -0.3 is 12.3 Å². The number of hydrogen-bond acceptors (Lipinski definition) is 3. The lowest BCUT2D eigenvalue weighted by molar-refractivity contribution is 0.547. The summed E-state index contributed by atoms with van der Waals surface area (Å²) in [7, 11) is -7.79. The molecule has 200 valence electrons. The molecule has 1 unspecified atom stereocenters. The Labute approximate surface area is 220 Å². The van der Waals surface area contributed by atoms with E-state index in [1.807, 2.05) is 0 Å². The van der Waals surface area contributed by atoms with Gasteiger partial charge in [-0.2, -0.15) is 0 Å². The summed E-state index contributed by atoms with van der Waals surface area (Å²) < 4.78 is 18.6. The van der Waals surface area contributed by atoms with Crippen LogP contribution in [0.5, 0.6) is 0 Å². The standard InChI is InChI=1S/C19H40O2Si4.C6H18OSi2/c1-22(20-23(2,3)4)16-14-18-10-12-19(13-11-18)15-17-25(8,9)21-24(5,6)7;1-8(2,3)7-9(4,5)6/h10-13,22H,14-17H2,1-9H3;1-6H3. The Hall–Kier alpha value is 0.401. The van der Waals surface area contributed by atoms with Crippen LogP contribution in [0.25, 0.3) is 0 Å². The molecule has 0 heterocycles. The first kappa shape index (κ1) is 34.4. The van der Waals surface area contributed by atoms with Crippen LogP contribution >= 0.6 is 0 Å². The van der Waals surface area contributed by atoms with Gasteiger partial charge in [-0.25, -0.2) is 0 Å². The maximum atomic E-state index is 6.45. The van der Waals surface area contributed by atoms with Gasteiger partial charge in [-0.1, -0.05) is 24.3 Å². The zero-order valence-electron chi connectivity index (χ0n) is 25.4. The minimum absolute atomic E-state index is 1.01. The van der Waals surface area contributed by atoms with E-state index >= 15 is 0 Å². The molecule has 0 radical (unpaired) electrons. The Kier molecular flexibility index (Phi) is 14.0. The lowest BCUT2D eigenvalue weighted by Crippen LogP contribution is -2.42. The summed E-state index contributed by atoms with van der Waals surface area (Å²) >= 11 is 0. The zero-order chi connectivity index (χ0) is 27.0. The van der Waals surface area contributed by atoms with Gasteiger partial charge in [0.1, 0.15) is 0 Å². The molecule has 3 nitrogen and oxygen atoms in total. The highest BCUT2D eigenvalue weighted by atomic mass is 28.4. The van der Waals surface area contributed by atoms with E-state index in [9.17, 15) is 0 Å². The molecule has 1 aromatic rings. The maximum Gasteiger partial charge on any atom is 0.173 e. The van der Waals surface area contributed by atoms with Crippen LogP contribution < -0.4 is 0 Å². The molecule has 0 fully saturated rings. The van der Waals surface area contributed by atoms with Crippen molar-refractivity contribution >= 4 is 50.6 Å². The van der Waals surface area contributed by atoms with Crippen molar-refractivity contribution in [1.29, 1.82) is 0 Å². The first-order valence-corrected chi connectivity index (χ1v) is 32.3. The molecular weight excluding hydrogens is 517 g/mol. The van der Waals surface area contributed by atoms with E-state index in [1.165, 1.54) is 23.2 Å². The summed E-state index contributed by atoms with van der Waals surface area (Å²) in [5.74, 6) is 0. The molecular formula is C25H58O3Si6. The van der Waals surface area contributed by atoms with Crippen LogP contribution in [0.4, 0.5) is 0 Å². The van der Waals surface area contributed by atoms with Crippen LogP contribution in [0.3, 0.4) is 0 Å². The molecule has 0 N–H and O–H groups in total. The second kappa shape index (κ2) is 13.8. The highest BCUT2D eigenvalue weighted by molar-refractivity contribution is 6.84. The number of aryl methyl sites for hydroxylation is 2. The predicted molar refractivity (Wildman–Crippen MR) is 171 cm³/mol. The molecule has 0 spiro atoms. The SMILES string of the molecule is C[SiH](CCc1ccc(CC[Si](C)(C)O[Si](C)(C)C)cc1)O[Si](C)(C)C.C[Si](C)(C)O[Si](C)(C)C.